The fourth-order valence-electron chi connectivity index (χ4n) is 2.36. The summed E-state index contributed by atoms with van der Waals surface area (Å²) in [6, 6.07) is 16.7. The lowest BCUT2D eigenvalue weighted by atomic mass is 10.0. The van der Waals surface area contributed by atoms with Crippen LogP contribution in [0.2, 0.25) is 0 Å². The second-order valence-electron chi connectivity index (χ2n) is 4.54. The molecule has 3 rings (SSSR count). The lowest BCUT2D eigenvalue weighted by Gasteiger charge is -2.08. The average molecular weight is 295 g/mol. The van der Waals surface area contributed by atoms with E-state index < -0.39 is 0 Å². The highest BCUT2D eigenvalue weighted by atomic mass is 15.0. The van der Waals surface area contributed by atoms with Crippen LogP contribution in [0.15, 0.2) is 54.9 Å². The molecule has 0 saturated carbocycles. The minimum absolute atomic E-state index is 1.04. The molecular formula is C20H27N2+. The fourth-order valence-corrected chi connectivity index (χ4v) is 2.36. The molecule has 1 aromatic heterocycles. The van der Waals surface area contributed by atoms with Gasteiger partial charge in [0, 0.05) is 5.56 Å². The Hall–Kier alpha value is -2.22. The number of hydrogen-bond donors (Lipinski definition) is 0. The van der Waals surface area contributed by atoms with Crippen LogP contribution >= 0.6 is 0 Å². The highest BCUT2D eigenvalue weighted by Gasteiger charge is 2.15. The first-order valence-electron chi connectivity index (χ1n) is 8.07. The van der Waals surface area contributed by atoms with Gasteiger partial charge in [-0.05, 0) is 29.6 Å². The van der Waals surface area contributed by atoms with E-state index in [0.29, 0.717) is 0 Å². The number of nitrogens with zero attached hydrogens (tertiary/aromatic N) is 2. The third kappa shape index (κ3) is 3.70. The third-order valence-electron chi connectivity index (χ3n) is 3.28. The van der Waals surface area contributed by atoms with Crippen molar-refractivity contribution >= 4 is 10.9 Å². The quantitative estimate of drug-likeness (QED) is 0.572. The van der Waals surface area contributed by atoms with Crippen molar-refractivity contribution in [1.82, 2.24) is 4.98 Å². The summed E-state index contributed by atoms with van der Waals surface area (Å²) < 4.78 is 2.09. The molecule has 0 bridgehead atoms. The van der Waals surface area contributed by atoms with Crippen LogP contribution in [0.5, 0.6) is 0 Å². The van der Waals surface area contributed by atoms with Crippen LogP contribution in [0, 0.1) is 6.92 Å². The van der Waals surface area contributed by atoms with Crippen LogP contribution in [0.3, 0.4) is 0 Å². The second-order valence-corrected chi connectivity index (χ2v) is 4.54. The van der Waals surface area contributed by atoms with Crippen LogP contribution in [0.4, 0.5) is 0 Å². The summed E-state index contributed by atoms with van der Waals surface area (Å²) in [6.07, 6.45) is 1.88. The minimum Gasteiger partial charge on any atom is -0.232 e. The number of para-hydroxylation sites is 1. The van der Waals surface area contributed by atoms with Gasteiger partial charge in [-0.2, -0.15) is 0 Å². The van der Waals surface area contributed by atoms with Gasteiger partial charge in [0.25, 0.3) is 6.33 Å². The van der Waals surface area contributed by atoms with Crippen LogP contribution < -0.4 is 4.57 Å². The second kappa shape index (κ2) is 8.93. The third-order valence-corrected chi connectivity index (χ3v) is 3.28. The summed E-state index contributed by atoms with van der Waals surface area (Å²) >= 11 is 0. The van der Waals surface area contributed by atoms with E-state index >= 15 is 0 Å². The Kier molecular flexibility index (Phi) is 7.24. The summed E-state index contributed by atoms with van der Waals surface area (Å²) in [6.45, 7) is 10.1. The maximum Gasteiger partial charge on any atom is 0.287 e. The first kappa shape index (κ1) is 17.8. The molecule has 0 aliphatic heterocycles. The molecule has 0 atom stereocenters. The van der Waals surface area contributed by atoms with E-state index in [1.165, 1.54) is 22.2 Å². The molecule has 2 nitrogen and oxygen atoms in total. The molecule has 0 amide bonds. The van der Waals surface area contributed by atoms with Crippen molar-refractivity contribution in [2.75, 3.05) is 0 Å². The highest BCUT2D eigenvalue weighted by molar-refractivity contribution is 5.91. The molecule has 116 valence electrons. The molecule has 2 aromatic carbocycles. The molecule has 1 heterocycles. The van der Waals surface area contributed by atoms with Crippen LogP contribution in [-0.4, -0.2) is 4.98 Å². The summed E-state index contributed by atoms with van der Waals surface area (Å²) in [4.78, 5) is 4.46. The monoisotopic (exact) mass is 295 g/mol. The molecule has 0 N–H and O–H groups in total. The van der Waals surface area contributed by atoms with Gasteiger partial charge < -0.3 is 0 Å². The first-order valence-corrected chi connectivity index (χ1v) is 8.07. The maximum absolute atomic E-state index is 4.46. The van der Waals surface area contributed by atoms with Crippen LogP contribution in [0.25, 0.3) is 22.2 Å². The van der Waals surface area contributed by atoms with Crippen molar-refractivity contribution in [1.29, 1.82) is 0 Å². The molecule has 0 unspecified atom stereocenters. The lowest BCUT2D eigenvalue weighted by Crippen LogP contribution is -2.31. The SMILES string of the molecule is CC.CC.Cc1ccccc1-c1c2ccccc2nc[n+]1C. The predicted octanol–water partition coefficient (Wildman–Crippen LogP) is 5.09. The van der Waals surface area contributed by atoms with E-state index in [2.05, 4.69) is 58.9 Å². The summed E-state index contributed by atoms with van der Waals surface area (Å²) in [5, 5.41) is 1.19. The predicted molar refractivity (Wildman–Crippen MR) is 95.8 cm³/mol. The molecule has 3 aromatic rings. The summed E-state index contributed by atoms with van der Waals surface area (Å²) in [5.74, 6) is 0. The Balaban J connectivity index is 0.000000561. The maximum atomic E-state index is 4.46. The molecule has 0 aliphatic rings. The van der Waals surface area contributed by atoms with Crippen molar-refractivity contribution < 1.29 is 4.57 Å². The molecule has 22 heavy (non-hydrogen) atoms. The van der Waals surface area contributed by atoms with Gasteiger partial charge in [0.2, 0.25) is 0 Å². The Morgan fingerprint density at radius 2 is 1.41 bits per heavy atom. The Morgan fingerprint density at radius 1 is 0.818 bits per heavy atom. The molecule has 0 radical (unpaired) electrons. The van der Waals surface area contributed by atoms with E-state index in [1.54, 1.807) is 0 Å². The Bertz CT molecular complexity index is 718. The molecular weight excluding hydrogens is 268 g/mol. The number of hydrogen-bond acceptors (Lipinski definition) is 1. The van der Waals surface area contributed by atoms with Gasteiger partial charge in [0.15, 0.2) is 5.52 Å². The number of aromatic nitrogens is 2. The largest absolute Gasteiger partial charge is 0.287 e. The van der Waals surface area contributed by atoms with E-state index in [0.717, 1.165) is 5.52 Å². The summed E-state index contributed by atoms with van der Waals surface area (Å²) in [7, 11) is 2.04. The zero-order valence-corrected chi connectivity index (χ0v) is 14.6. The number of aryl methyl sites for hydroxylation is 2. The molecule has 0 spiro atoms. The highest BCUT2D eigenvalue weighted by Crippen LogP contribution is 2.26. The number of benzene rings is 2. The molecule has 0 fully saturated rings. The van der Waals surface area contributed by atoms with Crippen molar-refractivity contribution in [3.05, 3.63) is 60.4 Å². The van der Waals surface area contributed by atoms with Crippen molar-refractivity contribution in [3.8, 4) is 11.3 Å². The smallest absolute Gasteiger partial charge is 0.232 e. The van der Waals surface area contributed by atoms with Gasteiger partial charge in [-0.15, -0.1) is 0 Å². The number of fused-ring (bicyclic) bond motifs is 1. The zero-order valence-electron chi connectivity index (χ0n) is 14.6. The number of rotatable bonds is 1. The van der Waals surface area contributed by atoms with Gasteiger partial charge in [0.05, 0.1) is 12.4 Å². The normalized spacial score (nSPS) is 9.36. The van der Waals surface area contributed by atoms with E-state index in [1.807, 2.05) is 47.1 Å². The Labute approximate surface area is 134 Å². The molecule has 0 aliphatic carbocycles. The van der Waals surface area contributed by atoms with Gasteiger partial charge in [-0.1, -0.05) is 64.1 Å². The average Bonchev–Trinajstić information content (AvgIpc) is 2.59. The minimum atomic E-state index is 1.04. The fraction of sp³-hybridized carbons (Fsp3) is 0.300. The van der Waals surface area contributed by atoms with Crippen molar-refractivity contribution in [2.45, 2.75) is 34.6 Å². The topological polar surface area (TPSA) is 16.8 Å². The van der Waals surface area contributed by atoms with Gasteiger partial charge in [-0.25, -0.2) is 4.57 Å². The summed E-state index contributed by atoms with van der Waals surface area (Å²) in [5.41, 5.74) is 4.80. The van der Waals surface area contributed by atoms with Gasteiger partial charge >= 0.3 is 0 Å². The van der Waals surface area contributed by atoms with Crippen LogP contribution in [-0.2, 0) is 7.05 Å². The van der Waals surface area contributed by atoms with E-state index in [9.17, 15) is 0 Å². The van der Waals surface area contributed by atoms with Crippen LogP contribution in [0.1, 0.15) is 33.3 Å². The Morgan fingerprint density at radius 3 is 2.09 bits per heavy atom. The van der Waals surface area contributed by atoms with E-state index in [4.69, 9.17) is 0 Å². The standard InChI is InChI=1S/C16H15N2.2C2H6/c1-12-7-3-4-8-13(12)16-14-9-5-6-10-15(14)17-11-18(16)2;2*1-2/h3-11H,1-2H3;2*1-2H3/q+1;;. The zero-order chi connectivity index (χ0) is 16.5. The lowest BCUT2D eigenvalue weighted by molar-refractivity contribution is -0.662. The van der Waals surface area contributed by atoms with E-state index in [-0.39, 0.29) is 0 Å². The van der Waals surface area contributed by atoms with Gasteiger partial charge in [0.1, 0.15) is 5.69 Å². The molecule has 0 saturated heterocycles. The van der Waals surface area contributed by atoms with Gasteiger partial charge in [-0.3, -0.25) is 0 Å². The van der Waals surface area contributed by atoms with Crippen molar-refractivity contribution in [3.63, 3.8) is 0 Å². The van der Waals surface area contributed by atoms with Crippen molar-refractivity contribution in [2.24, 2.45) is 7.05 Å². The first-order chi connectivity index (χ1) is 10.8. The molecule has 2 heteroatoms.